The van der Waals surface area contributed by atoms with Gasteiger partial charge in [-0.05, 0) is 26.0 Å². The summed E-state index contributed by atoms with van der Waals surface area (Å²) in [4.78, 5) is 20.2. The molecule has 1 rings (SSSR count). The van der Waals surface area contributed by atoms with E-state index in [1.54, 1.807) is 32.5 Å². The molecular formula is C16H29IN4O2S. The second-order valence-corrected chi connectivity index (χ2v) is 7.01. The molecule has 0 spiro atoms. The summed E-state index contributed by atoms with van der Waals surface area (Å²) in [5.41, 5.74) is 0. The molecule has 0 radical (unpaired) electrons. The third-order valence-corrected chi connectivity index (χ3v) is 4.18. The number of carbonyl (C=O) groups excluding carboxylic acids is 1. The van der Waals surface area contributed by atoms with E-state index in [2.05, 4.69) is 41.6 Å². The summed E-state index contributed by atoms with van der Waals surface area (Å²) < 4.78 is 5.04. The molecule has 0 saturated carbocycles. The molecule has 0 saturated heterocycles. The number of hydrogen-bond acceptors (Lipinski definition) is 4. The van der Waals surface area contributed by atoms with E-state index in [1.165, 1.54) is 14.7 Å². The van der Waals surface area contributed by atoms with Crippen LogP contribution in [0.3, 0.4) is 0 Å². The molecule has 6 nitrogen and oxygen atoms in total. The highest BCUT2D eigenvalue weighted by Crippen LogP contribution is 2.16. The Hall–Kier alpha value is -0.870. The Kier molecular flexibility index (Phi) is 12.0. The second kappa shape index (κ2) is 12.5. The molecule has 24 heavy (non-hydrogen) atoms. The highest BCUT2D eigenvalue weighted by Gasteiger charge is 2.09. The second-order valence-electron chi connectivity index (χ2n) is 5.63. The number of methoxy groups -OCH3 is 1. The van der Waals surface area contributed by atoms with Crippen LogP contribution in [0.4, 0.5) is 0 Å². The molecule has 0 bridgehead atoms. The van der Waals surface area contributed by atoms with Gasteiger partial charge in [0.15, 0.2) is 5.96 Å². The molecular weight excluding hydrogens is 439 g/mol. The number of amides is 1. The highest BCUT2D eigenvalue weighted by molar-refractivity contribution is 14.0. The number of nitrogens with zero attached hydrogens (tertiary/aromatic N) is 2. The minimum atomic E-state index is -0.0284. The minimum absolute atomic E-state index is 0. The Morgan fingerprint density at radius 3 is 2.67 bits per heavy atom. The van der Waals surface area contributed by atoms with Gasteiger partial charge >= 0.3 is 0 Å². The number of aryl methyl sites for hydroxylation is 1. The van der Waals surface area contributed by atoms with E-state index in [0.29, 0.717) is 19.1 Å². The normalized spacial score (nSPS) is 12.3. The van der Waals surface area contributed by atoms with Gasteiger partial charge in [-0.1, -0.05) is 0 Å². The zero-order chi connectivity index (χ0) is 17.2. The summed E-state index contributed by atoms with van der Waals surface area (Å²) in [7, 11) is 5.11. The van der Waals surface area contributed by atoms with E-state index >= 15 is 0 Å². The fourth-order valence-electron chi connectivity index (χ4n) is 1.89. The lowest BCUT2D eigenvalue weighted by Crippen LogP contribution is -2.44. The van der Waals surface area contributed by atoms with E-state index in [-0.39, 0.29) is 42.5 Å². The van der Waals surface area contributed by atoms with Gasteiger partial charge in [0, 0.05) is 50.0 Å². The van der Waals surface area contributed by atoms with Crippen molar-refractivity contribution in [3.63, 3.8) is 0 Å². The lowest BCUT2D eigenvalue weighted by molar-refractivity contribution is -0.127. The molecule has 1 amide bonds. The van der Waals surface area contributed by atoms with Crippen molar-refractivity contribution in [2.75, 3.05) is 40.9 Å². The van der Waals surface area contributed by atoms with Gasteiger partial charge < -0.3 is 20.3 Å². The van der Waals surface area contributed by atoms with Gasteiger partial charge in [0.25, 0.3) is 0 Å². The largest absolute Gasteiger partial charge is 0.383 e. The predicted octanol–water partition coefficient (Wildman–Crippen LogP) is 1.88. The Bertz CT molecular complexity index is 520. The SMILES string of the molecule is COCCNC(=NCC(=O)N(C)C)NC(C)Cc1ccc(C)s1.I. The zero-order valence-corrected chi connectivity index (χ0v) is 18.2. The standard InChI is InChI=1S/C16H28N4O2S.HI/c1-12(10-14-7-6-13(2)23-14)19-16(17-8-9-22-5)18-11-15(21)20(3)4;/h6-7,12H,8-11H2,1-5H3,(H2,17,18,19);1H. The number of guanidine groups is 1. The number of halogens is 1. The van der Waals surface area contributed by atoms with Crippen LogP contribution in [0.1, 0.15) is 16.7 Å². The number of nitrogens with one attached hydrogen (secondary N) is 2. The molecule has 1 aromatic rings. The van der Waals surface area contributed by atoms with Crippen LogP contribution in [0, 0.1) is 6.92 Å². The Balaban J connectivity index is 0.00000529. The maximum absolute atomic E-state index is 11.7. The van der Waals surface area contributed by atoms with Gasteiger partial charge in [0.2, 0.25) is 5.91 Å². The van der Waals surface area contributed by atoms with Crippen LogP contribution in [0.15, 0.2) is 17.1 Å². The maximum Gasteiger partial charge on any atom is 0.243 e. The quantitative estimate of drug-likeness (QED) is 0.265. The maximum atomic E-state index is 11.7. The third kappa shape index (κ3) is 9.43. The number of rotatable bonds is 8. The number of thiophene rings is 1. The van der Waals surface area contributed by atoms with E-state index in [9.17, 15) is 4.79 Å². The number of carbonyl (C=O) groups is 1. The van der Waals surface area contributed by atoms with Crippen LogP contribution in [0.25, 0.3) is 0 Å². The number of aliphatic imine (C=N–C) groups is 1. The number of likely N-dealkylation sites (N-methyl/N-ethyl adjacent to an activating group) is 1. The molecule has 8 heteroatoms. The predicted molar refractivity (Wildman–Crippen MR) is 112 cm³/mol. The molecule has 0 aromatic carbocycles. The van der Waals surface area contributed by atoms with Gasteiger partial charge in [0.1, 0.15) is 6.54 Å². The molecule has 1 atom stereocenters. The average molecular weight is 468 g/mol. The van der Waals surface area contributed by atoms with Crippen LogP contribution in [0.5, 0.6) is 0 Å². The Labute approximate surface area is 166 Å². The lowest BCUT2D eigenvalue weighted by atomic mass is 10.2. The molecule has 0 aliphatic heterocycles. The highest BCUT2D eigenvalue weighted by atomic mass is 127. The lowest BCUT2D eigenvalue weighted by Gasteiger charge is -2.18. The summed E-state index contributed by atoms with van der Waals surface area (Å²) >= 11 is 1.81. The molecule has 0 aliphatic rings. The summed E-state index contributed by atoms with van der Waals surface area (Å²) in [6.45, 7) is 5.57. The monoisotopic (exact) mass is 468 g/mol. The van der Waals surface area contributed by atoms with Crippen molar-refractivity contribution in [2.45, 2.75) is 26.3 Å². The summed E-state index contributed by atoms with van der Waals surface area (Å²) in [6, 6.07) is 4.51. The fourth-order valence-corrected chi connectivity index (χ4v) is 2.91. The van der Waals surface area contributed by atoms with Crippen LogP contribution in [0.2, 0.25) is 0 Å². The first-order valence-corrected chi connectivity index (χ1v) is 8.53. The molecule has 1 aromatic heterocycles. The van der Waals surface area contributed by atoms with E-state index in [0.717, 1.165) is 6.42 Å². The fraction of sp³-hybridized carbons (Fsp3) is 0.625. The summed E-state index contributed by atoms with van der Waals surface area (Å²) in [5.74, 6) is 0.609. The van der Waals surface area contributed by atoms with E-state index in [1.807, 2.05) is 0 Å². The van der Waals surface area contributed by atoms with Crippen LogP contribution < -0.4 is 10.6 Å². The van der Waals surface area contributed by atoms with Crippen molar-refractivity contribution >= 4 is 47.2 Å². The number of hydrogen-bond donors (Lipinski definition) is 2. The average Bonchev–Trinajstić information content (AvgIpc) is 2.89. The third-order valence-electron chi connectivity index (χ3n) is 3.16. The van der Waals surface area contributed by atoms with Crippen molar-refractivity contribution in [3.05, 3.63) is 21.9 Å². The molecule has 138 valence electrons. The van der Waals surface area contributed by atoms with Crippen LogP contribution in [-0.2, 0) is 16.0 Å². The van der Waals surface area contributed by atoms with Gasteiger partial charge in [-0.2, -0.15) is 0 Å². The van der Waals surface area contributed by atoms with Crippen molar-refractivity contribution < 1.29 is 9.53 Å². The Morgan fingerprint density at radius 1 is 1.42 bits per heavy atom. The topological polar surface area (TPSA) is 66.0 Å². The summed E-state index contributed by atoms with van der Waals surface area (Å²) in [6.07, 6.45) is 0.922. The van der Waals surface area contributed by atoms with Crippen molar-refractivity contribution in [2.24, 2.45) is 4.99 Å². The van der Waals surface area contributed by atoms with E-state index < -0.39 is 0 Å². The first-order chi connectivity index (χ1) is 10.9. The van der Waals surface area contributed by atoms with Gasteiger partial charge in [-0.25, -0.2) is 4.99 Å². The zero-order valence-electron chi connectivity index (χ0n) is 15.1. The first kappa shape index (κ1) is 23.1. The van der Waals surface area contributed by atoms with E-state index in [4.69, 9.17) is 4.74 Å². The molecule has 1 unspecified atom stereocenters. The van der Waals surface area contributed by atoms with Crippen molar-refractivity contribution in [1.29, 1.82) is 0 Å². The Morgan fingerprint density at radius 2 is 2.12 bits per heavy atom. The molecule has 1 heterocycles. The molecule has 0 fully saturated rings. The minimum Gasteiger partial charge on any atom is -0.383 e. The smallest absolute Gasteiger partial charge is 0.243 e. The van der Waals surface area contributed by atoms with Crippen molar-refractivity contribution in [1.82, 2.24) is 15.5 Å². The van der Waals surface area contributed by atoms with Crippen LogP contribution in [-0.4, -0.2) is 63.7 Å². The number of ether oxygens (including phenoxy) is 1. The molecule has 0 aliphatic carbocycles. The van der Waals surface area contributed by atoms with Crippen molar-refractivity contribution in [3.8, 4) is 0 Å². The van der Waals surface area contributed by atoms with Gasteiger partial charge in [0.05, 0.1) is 6.61 Å². The van der Waals surface area contributed by atoms with Gasteiger partial charge in [-0.3, -0.25) is 4.79 Å². The van der Waals surface area contributed by atoms with Crippen LogP contribution >= 0.6 is 35.3 Å². The van der Waals surface area contributed by atoms with Gasteiger partial charge in [-0.15, -0.1) is 35.3 Å². The first-order valence-electron chi connectivity index (χ1n) is 7.71. The molecule has 2 N–H and O–H groups in total. The summed E-state index contributed by atoms with van der Waals surface area (Å²) in [5, 5.41) is 6.53.